The first kappa shape index (κ1) is 20.8. The molecule has 3 aromatic carbocycles. The van der Waals surface area contributed by atoms with Crippen molar-refractivity contribution in [3.8, 4) is 50.8 Å². The number of aryl methyl sites for hydroxylation is 1. The molecule has 35 heavy (non-hydrogen) atoms. The zero-order valence-electron chi connectivity index (χ0n) is 19.1. The van der Waals surface area contributed by atoms with E-state index in [0.29, 0.717) is 11.4 Å². The lowest BCUT2D eigenvalue weighted by atomic mass is 10.0. The van der Waals surface area contributed by atoms with Gasteiger partial charge in [-0.05, 0) is 47.5 Å². The van der Waals surface area contributed by atoms with Crippen molar-refractivity contribution in [1.29, 1.82) is 0 Å². The lowest BCUT2D eigenvalue weighted by Crippen LogP contribution is -1.92. The fraction of sp³-hybridized carbons (Fsp3) is 0.0333. The molecule has 168 valence electrons. The highest BCUT2D eigenvalue weighted by Crippen LogP contribution is 2.34. The van der Waals surface area contributed by atoms with Gasteiger partial charge in [-0.15, -0.1) is 0 Å². The molecule has 6 rings (SSSR count). The van der Waals surface area contributed by atoms with E-state index < -0.39 is 0 Å². The highest BCUT2D eigenvalue weighted by atomic mass is 16.3. The Morgan fingerprint density at radius 2 is 1.40 bits per heavy atom. The van der Waals surface area contributed by atoms with E-state index in [0.717, 1.165) is 44.7 Å². The Balaban J connectivity index is 1.46. The van der Waals surface area contributed by atoms with Gasteiger partial charge in [-0.2, -0.15) is 0 Å². The number of aromatic hydroxyl groups is 1. The Morgan fingerprint density at radius 1 is 0.657 bits per heavy atom. The zero-order chi connectivity index (χ0) is 23.8. The second kappa shape index (κ2) is 8.54. The number of imidazole rings is 1. The number of nitrogens with zero attached hydrogens (tertiary/aromatic N) is 4. The fourth-order valence-corrected chi connectivity index (χ4v) is 4.46. The number of pyridine rings is 2. The van der Waals surface area contributed by atoms with Crippen LogP contribution in [0.25, 0.3) is 56.1 Å². The summed E-state index contributed by atoms with van der Waals surface area (Å²) < 4.78 is 1.99. The van der Waals surface area contributed by atoms with Gasteiger partial charge in [0.25, 0.3) is 0 Å². The van der Waals surface area contributed by atoms with Crippen molar-refractivity contribution < 1.29 is 5.11 Å². The highest BCUT2D eigenvalue weighted by Gasteiger charge is 2.17. The third-order valence-electron chi connectivity index (χ3n) is 6.24. The Morgan fingerprint density at radius 3 is 2.26 bits per heavy atom. The number of hydrogen-bond acceptors (Lipinski definition) is 4. The summed E-state index contributed by atoms with van der Waals surface area (Å²) in [6, 6.07) is 31.9. The summed E-state index contributed by atoms with van der Waals surface area (Å²) in [5, 5.41) is 10.4. The third-order valence-corrected chi connectivity index (χ3v) is 6.24. The molecule has 3 heterocycles. The van der Waals surface area contributed by atoms with Crippen LogP contribution in [0.1, 0.15) is 0 Å². The van der Waals surface area contributed by atoms with E-state index in [-0.39, 0.29) is 5.75 Å². The van der Waals surface area contributed by atoms with E-state index in [1.54, 1.807) is 18.3 Å². The number of fused-ring (bicyclic) bond motifs is 1. The second-order valence-corrected chi connectivity index (χ2v) is 8.42. The maximum atomic E-state index is 10.4. The van der Waals surface area contributed by atoms with Gasteiger partial charge in [-0.25, -0.2) is 4.98 Å². The predicted molar refractivity (Wildman–Crippen MR) is 140 cm³/mol. The van der Waals surface area contributed by atoms with Crippen molar-refractivity contribution in [1.82, 2.24) is 19.5 Å². The summed E-state index contributed by atoms with van der Waals surface area (Å²) in [6.45, 7) is 0. The van der Waals surface area contributed by atoms with Crippen molar-refractivity contribution in [3.05, 3.63) is 109 Å². The van der Waals surface area contributed by atoms with Gasteiger partial charge in [0.05, 0.1) is 22.5 Å². The molecule has 0 saturated carbocycles. The number of phenolic OH excluding ortho intramolecular Hbond substituents is 1. The predicted octanol–water partition coefficient (Wildman–Crippen LogP) is 6.74. The molecule has 0 aliphatic rings. The first-order valence-corrected chi connectivity index (χ1v) is 11.4. The number of hydrogen-bond donors (Lipinski definition) is 1. The SMILES string of the molecule is Cn1c(-c2ccccc2O)nc2c(-c3cccc(-c4cc(-c5ccccc5)ccn4)c3)nccc21. The molecular weight excluding hydrogens is 432 g/mol. The van der Waals surface area contributed by atoms with E-state index in [1.165, 1.54) is 0 Å². The summed E-state index contributed by atoms with van der Waals surface area (Å²) in [6.07, 6.45) is 3.65. The van der Waals surface area contributed by atoms with E-state index in [9.17, 15) is 5.11 Å². The standard InChI is InChI=1S/C30H22N4O/c1-34-26-15-17-32-28(29(26)33-30(34)24-12-5-6-13-27(24)35)23-11-7-10-22(18-23)25-19-21(14-16-31-25)20-8-3-2-4-9-20/h2-19,35H,1H3. The lowest BCUT2D eigenvalue weighted by molar-refractivity contribution is 0.476. The van der Waals surface area contributed by atoms with Crippen LogP contribution in [-0.4, -0.2) is 24.6 Å². The van der Waals surface area contributed by atoms with Crippen molar-refractivity contribution in [2.24, 2.45) is 7.05 Å². The first-order chi connectivity index (χ1) is 17.2. The van der Waals surface area contributed by atoms with Gasteiger partial charge in [0.15, 0.2) is 0 Å². The molecule has 3 aromatic heterocycles. The van der Waals surface area contributed by atoms with Crippen molar-refractivity contribution >= 4 is 11.0 Å². The molecular formula is C30H22N4O. The molecule has 6 aromatic rings. The fourth-order valence-electron chi connectivity index (χ4n) is 4.46. The van der Waals surface area contributed by atoms with E-state index in [4.69, 9.17) is 4.98 Å². The highest BCUT2D eigenvalue weighted by molar-refractivity contribution is 5.93. The topological polar surface area (TPSA) is 63.8 Å². The largest absolute Gasteiger partial charge is 0.507 e. The summed E-state index contributed by atoms with van der Waals surface area (Å²) >= 11 is 0. The van der Waals surface area contributed by atoms with Crippen LogP contribution in [0.5, 0.6) is 5.75 Å². The van der Waals surface area contributed by atoms with Gasteiger partial charge in [-0.1, -0.05) is 60.7 Å². The van der Waals surface area contributed by atoms with Crippen LogP contribution in [0.2, 0.25) is 0 Å². The maximum Gasteiger partial charge on any atom is 0.144 e. The van der Waals surface area contributed by atoms with Gasteiger partial charge in [0, 0.05) is 30.6 Å². The van der Waals surface area contributed by atoms with Gasteiger partial charge >= 0.3 is 0 Å². The van der Waals surface area contributed by atoms with Gasteiger partial charge in [-0.3, -0.25) is 9.97 Å². The minimum absolute atomic E-state index is 0.201. The van der Waals surface area contributed by atoms with Crippen molar-refractivity contribution in [2.45, 2.75) is 0 Å². The molecule has 0 aliphatic carbocycles. The lowest BCUT2D eigenvalue weighted by Gasteiger charge is -2.08. The molecule has 0 atom stereocenters. The summed E-state index contributed by atoms with van der Waals surface area (Å²) in [5.74, 6) is 0.896. The molecule has 0 unspecified atom stereocenters. The maximum absolute atomic E-state index is 10.4. The van der Waals surface area contributed by atoms with Crippen LogP contribution in [0, 0.1) is 0 Å². The summed E-state index contributed by atoms with van der Waals surface area (Å²) in [4.78, 5) is 14.2. The minimum Gasteiger partial charge on any atom is -0.507 e. The normalized spacial score (nSPS) is 11.1. The van der Waals surface area contributed by atoms with Crippen LogP contribution in [0.3, 0.4) is 0 Å². The Kier molecular flexibility index (Phi) is 5.08. The van der Waals surface area contributed by atoms with E-state index in [2.05, 4.69) is 40.3 Å². The number of para-hydroxylation sites is 1. The average Bonchev–Trinajstić information content (AvgIpc) is 3.26. The number of benzene rings is 3. The second-order valence-electron chi connectivity index (χ2n) is 8.42. The number of rotatable bonds is 4. The van der Waals surface area contributed by atoms with Crippen molar-refractivity contribution in [2.75, 3.05) is 0 Å². The number of phenols is 1. The van der Waals surface area contributed by atoms with Gasteiger partial charge in [0.1, 0.15) is 17.1 Å². The van der Waals surface area contributed by atoms with Crippen LogP contribution >= 0.6 is 0 Å². The monoisotopic (exact) mass is 454 g/mol. The molecule has 5 nitrogen and oxygen atoms in total. The van der Waals surface area contributed by atoms with Gasteiger partial charge in [0.2, 0.25) is 0 Å². The van der Waals surface area contributed by atoms with E-state index >= 15 is 0 Å². The molecule has 1 N–H and O–H groups in total. The summed E-state index contributed by atoms with van der Waals surface area (Å²) in [7, 11) is 1.95. The van der Waals surface area contributed by atoms with E-state index in [1.807, 2.05) is 72.4 Å². The molecule has 0 bridgehead atoms. The Hall–Kier alpha value is -4.77. The Labute approximate surface area is 203 Å². The zero-order valence-corrected chi connectivity index (χ0v) is 19.1. The minimum atomic E-state index is 0.201. The van der Waals surface area contributed by atoms with Gasteiger partial charge < -0.3 is 9.67 Å². The molecule has 0 amide bonds. The average molecular weight is 455 g/mol. The smallest absolute Gasteiger partial charge is 0.144 e. The first-order valence-electron chi connectivity index (χ1n) is 11.4. The summed E-state index contributed by atoms with van der Waals surface area (Å²) in [5.41, 5.74) is 8.37. The quantitative estimate of drug-likeness (QED) is 0.320. The molecule has 0 radical (unpaired) electrons. The number of aromatic nitrogens is 4. The molecule has 0 aliphatic heterocycles. The van der Waals surface area contributed by atoms with Crippen LogP contribution in [0.15, 0.2) is 109 Å². The third kappa shape index (κ3) is 3.73. The van der Waals surface area contributed by atoms with Crippen LogP contribution < -0.4 is 0 Å². The molecule has 5 heteroatoms. The van der Waals surface area contributed by atoms with Crippen LogP contribution in [-0.2, 0) is 7.05 Å². The molecule has 0 saturated heterocycles. The van der Waals surface area contributed by atoms with Crippen molar-refractivity contribution in [3.63, 3.8) is 0 Å². The molecule has 0 fully saturated rings. The molecule has 0 spiro atoms. The Bertz CT molecular complexity index is 1670. The van der Waals surface area contributed by atoms with Crippen LogP contribution in [0.4, 0.5) is 0 Å².